The van der Waals surface area contributed by atoms with Crippen molar-refractivity contribution in [2.24, 2.45) is 0 Å². The van der Waals surface area contributed by atoms with Crippen LogP contribution < -0.4 is 10.2 Å². The fraction of sp³-hybridized carbons (Fsp3) is 0.381. The summed E-state index contributed by atoms with van der Waals surface area (Å²) < 4.78 is 4.55. The number of nitrogens with one attached hydrogen (secondary N) is 1. The predicted molar refractivity (Wildman–Crippen MR) is 119 cm³/mol. The Labute approximate surface area is 179 Å². The number of hydrogen-bond donors (Lipinski definition) is 1. The van der Waals surface area contributed by atoms with E-state index in [1.54, 1.807) is 0 Å². The second-order valence-corrected chi connectivity index (χ2v) is 8.90. The van der Waals surface area contributed by atoms with Crippen LogP contribution in [0.3, 0.4) is 0 Å². The largest absolute Gasteiger partial charge is 0.350 e. The average molecular weight is 428 g/mol. The number of aromatic nitrogens is 2. The Balaban J connectivity index is 1.21. The first kappa shape index (κ1) is 20.0. The van der Waals surface area contributed by atoms with Gasteiger partial charge in [0.25, 0.3) is 5.91 Å². The van der Waals surface area contributed by atoms with Gasteiger partial charge in [-0.15, -0.1) is 11.3 Å². The highest BCUT2D eigenvalue weighted by atomic mass is 32.1. The number of piperazine rings is 1. The van der Waals surface area contributed by atoms with E-state index < -0.39 is 0 Å². The number of hydrogen-bond acceptors (Lipinski definition) is 7. The van der Waals surface area contributed by atoms with Crippen LogP contribution in [0.4, 0.5) is 5.13 Å². The first-order chi connectivity index (χ1) is 14.2. The van der Waals surface area contributed by atoms with Gasteiger partial charge in [0.05, 0.1) is 4.88 Å². The molecule has 1 fully saturated rings. The smallest absolute Gasteiger partial charge is 0.261 e. The summed E-state index contributed by atoms with van der Waals surface area (Å²) in [5.41, 5.74) is 2.51. The van der Waals surface area contributed by atoms with Crippen LogP contribution >= 0.6 is 22.9 Å². The summed E-state index contributed by atoms with van der Waals surface area (Å²) in [5, 5.41) is 5.94. The van der Waals surface area contributed by atoms with Gasteiger partial charge >= 0.3 is 0 Å². The molecule has 0 spiro atoms. The molecule has 3 aromatic rings. The predicted octanol–water partition coefficient (Wildman–Crippen LogP) is 3.05. The van der Waals surface area contributed by atoms with Crippen molar-refractivity contribution < 1.29 is 4.79 Å². The zero-order valence-electron chi connectivity index (χ0n) is 16.5. The molecule has 3 heterocycles. The lowest BCUT2D eigenvalue weighted by Gasteiger charge is -2.34. The number of thiophene rings is 1. The SMILES string of the molecule is Cc1ccc(Cc2nsc(N3CCN(CCNC(=O)c4cccs4)CC3)n2)cc1. The van der Waals surface area contributed by atoms with Gasteiger partial charge in [0.15, 0.2) is 0 Å². The third-order valence-electron chi connectivity index (χ3n) is 5.04. The van der Waals surface area contributed by atoms with E-state index >= 15 is 0 Å². The molecule has 0 unspecified atom stereocenters. The van der Waals surface area contributed by atoms with E-state index in [9.17, 15) is 4.79 Å². The molecule has 1 aromatic carbocycles. The normalized spacial score (nSPS) is 14.9. The summed E-state index contributed by atoms with van der Waals surface area (Å²) in [4.78, 5) is 22.2. The van der Waals surface area contributed by atoms with Crippen molar-refractivity contribution in [2.75, 3.05) is 44.2 Å². The van der Waals surface area contributed by atoms with Crippen LogP contribution in [-0.4, -0.2) is 59.4 Å². The maximum Gasteiger partial charge on any atom is 0.261 e. The number of aryl methyl sites for hydroxylation is 1. The summed E-state index contributed by atoms with van der Waals surface area (Å²) in [7, 11) is 0. The van der Waals surface area contributed by atoms with Crippen molar-refractivity contribution in [1.82, 2.24) is 19.6 Å². The second-order valence-electron chi connectivity index (χ2n) is 7.22. The topological polar surface area (TPSA) is 61.4 Å². The molecule has 1 saturated heterocycles. The van der Waals surface area contributed by atoms with E-state index in [1.165, 1.54) is 34.0 Å². The van der Waals surface area contributed by atoms with Gasteiger partial charge in [-0.2, -0.15) is 4.37 Å². The van der Waals surface area contributed by atoms with Crippen molar-refractivity contribution in [1.29, 1.82) is 0 Å². The molecule has 152 valence electrons. The molecule has 8 heteroatoms. The number of nitrogens with zero attached hydrogens (tertiary/aromatic N) is 4. The quantitative estimate of drug-likeness (QED) is 0.628. The van der Waals surface area contributed by atoms with Gasteiger partial charge in [-0.05, 0) is 23.9 Å². The summed E-state index contributed by atoms with van der Waals surface area (Å²) in [5.74, 6) is 0.918. The van der Waals surface area contributed by atoms with E-state index in [0.717, 1.165) is 55.0 Å². The van der Waals surface area contributed by atoms with Crippen molar-refractivity contribution in [2.45, 2.75) is 13.3 Å². The van der Waals surface area contributed by atoms with Crippen LogP contribution in [-0.2, 0) is 6.42 Å². The van der Waals surface area contributed by atoms with Crippen molar-refractivity contribution in [3.63, 3.8) is 0 Å². The fourth-order valence-electron chi connectivity index (χ4n) is 3.32. The van der Waals surface area contributed by atoms with E-state index in [2.05, 4.69) is 50.7 Å². The highest BCUT2D eigenvalue weighted by Crippen LogP contribution is 2.20. The first-order valence-electron chi connectivity index (χ1n) is 9.84. The lowest BCUT2D eigenvalue weighted by atomic mass is 10.1. The van der Waals surface area contributed by atoms with Gasteiger partial charge in [0.1, 0.15) is 5.82 Å². The highest BCUT2D eigenvalue weighted by Gasteiger charge is 2.20. The Kier molecular flexibility index (Phi) is 6.53. The summed E-state index contributed by atoms with van der Waals surface area (Å²) in [6, 6.07) is 12.3. The van der Waals surface area contributed by atoms with Gasteiger partial charge in [0, 0.05) is 57.2 Å². The van der Waals surface area contributed by atoms with Crippen LogP contribution in [0.15, 0.2) is 41.8 Å². The Bertz CT molecular complexity index is 915. The van der Waals surface area contributed by atoms with Crippen molar-refractivity contribution in [3.05, 3.63) is 63.6 Å². The molecule has 1 amide bonds. The number of anilines is 1. The molecule has 2 aromatic heterocycles. The molecule has 0 saturated carbocycles. The second kappa shape index (κ2) is 9.47. The minimum absolute atomic E-state index is 0.0219. The van der Waals surface area contributed by atoms with Gasteiger partial charge in [-0.25, -0.2) is 4.98 Å². The van der Waals surface area contributed by atoms with E-state index in [1.807, 2.05) is 17.5 Å². The first-order valence-corrected chi connectivity index (χ1v) is 11.5. The maximum absolute atomic E-state index is 12.0. The van der Waals surface area contributed by atoms with Crippen molar-refractivity contribution >= 4 is 33.9 Å². The highest BCUT2D eigenvalue weighted by molar-refractivity contribution is 7.12. The van der Waals surface area contributed by atoms with Crippen LogP contribution in [0.25, 0.3) is 0 Å². The van der Waals surface area contributed by atoms with E-state index in [-0.39, 0.29) is 5.91 Å². The molecule has 4 rings (SSSR count). The molecule has 1 aliphatic rings. The van der Waals surface area contributed by atoms with Gasteiger partial charge < -0.3 is 10.2 Å². The molecule has 29 heavy (non-hydrogen) atoms. The monoisotopic (exact) mass is 427 g/mol. The zero-order chi connectivity index (χ0) is 20.1. The molecule has 0 bridgehead atoms. The molecule has 1 N–H and O–H groups in total. The molecule has 0 radical (unpaired) electrons. The zero-order valence-corrected chi connectivity index (χ0v) is 18.1. The molecule has 0 atom stereocenters. The fourth-order valence-corrected chi connectivity index (χ4v) is 4.70. The molecule has 0 aliphatic carbocycles. The van der Waals surface area contributed by atoms with Crippen LogP contribution in [0, 0.1) is 6.92 Å². The molecular formula is C21H25N5OS2. The van der Waals surface area contributed by atoms with Gasteiger partial charge in [-0.1, -0.05) is 35.9 Å². The third-order valence-corrected chi connectivity index (χ3v) is 6.73. The van der Waals surface area contributed by atoms with Gasteiger partial charge in [-0.3, -0.25) is 9.69 Å². The van der Waals surface area contributed by atoms with Crippen LogP contribution in [0.2, 0.25) is 0 Å². The number of rotatable bonds is 7. The van der Waals surface area contributed by atoms with E-state index in [0.29, 0.717) is 6.54 Å². The van der Waals surface area contributed by atoms with Crippen LogP contribution in [0.1, 0.15) is 26.6 Å². The standard InChI is InChI=1S/C21H25N5OS2/c1-16-4-6-17(7-5-16)15-19-23-21(29-24-19)26-12-10-25(11-13-26)9-8-22-20(27)18-3-2-14-28-18/h2-7,14H,8-13,15H2,1H3,(H,22,27). The van der Waals surface area contributed by atoms with Crippen LogP contribution in [0.5, 0.6) is 0 Å². The molecule has 6 nitrogen and oxygen atoms in total. The Morgan fingerprint density at radius 1 is 1.14 bits per heavy atom. The summed E-state index contributed by atoms with van der Waals surface area (Å²) in [6.07, 6.45) is 0.778. The number of carbonyl (C=O) groups excluding carboxylic acids is 1. The summed E-state index contributed by atoms with van der Waals surface area (Å²) >= 11 is 2.96. The maximum atomic E-state index is 12.0. The minimum Gasteiger partial charge on any atom is -0.350 e. The number of carbonyl (C=O) groups is 1. The Morgan fingerprint density at radius 3 is 2.66 bits per heavy atom. The lowest BCUT2D eigenvalue weighted by Crippen LogP contribution is -2.48. The van der Waals surface area contributed by atoms with Gasteiger partial charge in [0.2, 0.25) is 5.13 Å². The molecular weight excluding hydrogens is 402 g/mol. The average Bonchev–Trinajstić information content (AvgIpc) is 3.43. The van der Waals surface area contributed by atoms with E-state index in [4.69, 9.17) is 4.98 Å². The Hall–Kier alpha value is -2.29. The minimum atomic E-state index is 0.0219. The number of amides is 1. The van der Waals surface area contributed by atoms with Crippen molar-refractivity contribution in [3.8, 4) is 0 Å². The number of benzene rings is 1. The lowest BCUT2D eigenvalue weighted by molar-refractivity contribution is 0.0952. The summed E-state index contributed by atoms with van der Waals surface area (Å²) in [6.45, 7) is 7.48. The molecule has 1 aliphatic heterocycles. The third kappa shape index (κ3) is 5.41. The Morgan fingerprint density at radius 2 is 1.93 bits per heavy atom.